The minimum absolute atomic E-state index is 0.414. The van der Waals surface area contributed by atoms with Crippen molar-refractivity contribution in [1.82, 2.24) is 5.32 Å². The highest BCUT2D eigenvalue weighted by Crippen LogP contribution is 2.29. The topological polar surface area (TPSA) is 12.0 Å². The van der Waals surface area contributed by atoms with Crippen molar-refractivity contribution in [3.63, 3.8) is 0 Å². The summed E-state index contributed by atoms with van der Waals surface area (Å²) < 4.78 is 1.12. The molecule has 1 unspecified atom stereocenters. The van der Waals surface area contributed by atoms with E-state index in [2.05, 4.69) is 83.6 Å². The van der Waals surface area contributed by atoms with E-state index in [-0.39, 0.29) is 0 Å². The van der Waals surface area contributed by atoms with Crippen molar-refractivity contribution in [1.29, 1.82) is 0 Å². The molecule has 2 aromatic carbocycles. The average Bonchev–Trinajstić information content (AvgIpc) is 2.42. The standard InChI is InChI=1S/C16H18BrNS/c1-3-18-12(2)13-4-8-15(9-5-13)19-16-10-6-14(17)7-11-16/h4-12,18H,3H2,1-2H3. The predicted octanol–water partition coefficient (Wildman–Crippen LogP) is 5.27. The van der Waals surface area contributed by atoms with Gasteiger partial charge in [-0.15, -0.1) is 0 Å². The van der Waals surface area contributed by atoms with Crippen molar-refractivity contribution in [3.05, 3.63) is 58.6 Å². The van der Waals surface area contributed by atoms with Gasteiger partial charge in [0.1, 0.15) is 0 Å². The van der Waals surface area contributed by atoms with Crippen molar-refractivity contribution in [2.75, 3.05) is 6.54 Å². The molecule has 3 heteroatoms. The van der Waals surface area contributed by atoms with Crippen LogP contribution in [-0.4, -0.2) is 6.54 Å². The van der Waals surface area contributed by atoms with Gasteiger partial charge in [-0.25, -0.2) is 0 Å². The number of hydrogen-bond donors (Lipinski definition) is 1. The van der Waals surface area contributed by atoms with Crippen LogP contribution in [0.3, 0.4) is 0 Å². The first-order chi connectivity index (χ1) is 9.19. The van der Waals surface area contributed by atoms with Gasteiger partial charge in [-0.05, 0) is 55.4 Å². The highest BCUT2D eigenvalue weighted by atomic mass is 79.9. The molecule has 0 aliphatic rings. The smallest absolute Gasteiger partial charge is 0.0291 e. The van der Waals surface area contributed by atoms with E-state index in [1.165, 1.54) is 15.4 Å². The van der Waals surface area contributed by atoms with Gasteiger partial charge in [0.15, 0.2) is 0 Å². The lowest BCUT2D eigenvalue weighted by atomic mass is 10.1. The Bertz CT molecular complexity index is 507. The van der Waals surface area contributed by atoms with E-state index in [1.54, 1.807) is 11.8 Å². The molecule has 100 valence electrons. The van der Waals surface area contributed by atoms with Crippen LogP contribution in [0.5, 0.6) is 0 Å². The van der Waals surface area contributed by atoms with Crippen LogP contribution in [-0.2, 0) is 0 Å². The fraction of sp³-hybridized carbons (Fsp3) is 0.250. The summed E-state index contributed by atoms with van der Waals surface area (Å²) in [5.41, 5.74) is 1.34. The molecule has 0 spiro atoms. The van der Waals surface area contributed by atoms with Crippen molar-refractivity contribution >= 4 is 27.7 Å². The maximum absolute atomic E-state index is 3.45. The number of benzene rings is 2. The van der Waals surface area contributed by atoms with E-state index < -0.39 is 0 Å². The lowest BCUT2D eigenvalue weighted by Gasteiger charge is -2.13. The van der Waals surface area contributed by atoms with Crippen molar-refractivity contribution < 1.29 is 0 Å². The van der Waals surface area contributed by atoms with Crippen molar-refractivity contribution in [2.24, 2.45) is 0 Å². The third-order valence-electron chi connectivity index (χ3n) is 2.94. The Balaban J connectivity index is 2.04. The number of rotatable bonds is 5. The Morgan fingerprint density at radius 3 is 2.05 bits per heavy atom. The molecule has 0 aliphatic carbocycles. The van der Waals surface area contributed by atoms with Crippen LogP contribution in [0.2, 0.25) is 0 Å². The first kappa shape index (κ1) is 14.6. The van der Waals surface area contributed by atoms with E-state index in [9.17, 15) is 0 Å². The quantitative estimate of drug-likeness (QED) is 0.798. The molecular weight excluding hydrogens is 318 g/mol. The Kier molecular flexibility index (Phi) is 5.49. The maximum atomic E-state index is 3.45. The summed E-state index contributed by atoms with van der Waals surface area (Å²) in [7, 11) is 0. The highest BCUT2D eigenvalue weighted by molar-refractivity contribution is 9.10. The Labute approximate surface area is 127 Å². The van der Waals surface area contributed by atoms with E-state index in [0.717, 1.165) is 11.0 Å². The summed E-state index contributed by atoms with van der Waals surface area (Å²) >= 11 is 5.24. The third kappa shape index (κ3) is 4.37. The summed E-state index contributed by atoms with van der Waals surface area (Å²) in [6.45, 7) is 5.32. The Morgan fingerprint density at radius 2 is 1.53 bits per heavy atom. The second-order valence-electron chi connectivity index (χ2n) is 4.40. The molecule has 0 aliphatic heterocycles. The fourth-order valence-electron chi connectivity index (χ4n) is 1.89. The second kappa shape index (κ2) is 7.13. The van der Waals surface area contributed by atoms with Gasteiger partial charge in [-0.3, -0.25) is 0 Å². The molecule has 2 aromatic rings. The monoisotopic (exact) mass is 335 g/mol. The molecule has 0 bridgehead atoms. The SMILES string of the molecule is CCNC(C)c1ccc(Sc2ccc(Br)cc2)cc1. The normalized spacial score (nSPS) is 12.4. The molecular formula is C16H18BrNS. The van der Waals surface area contributed by atoms with Gasteiger partial charge in [0.2, 0.25) is 0 Å². The molecule has 2 rings (SSSR count). The van der Waals surface area contributed by atoms with Crippen molar-refractivity contribution in [3.8, 4) is 0 Å². The predicted molar refractivity (Wildman–Crippen MR) is 86.8 cm³/mol. The van der Waals surface area contributed by atoms with Crippen LogP contribution in [0.4, 0.5) is 0 Å². The Morgan fingerprint density at radius 1 is 1.00 bits per heavy atom. The molecule has 0 saturated carbocycles. The van der Waals surface area contributed by atoms with Gasteiger partial charge in [0, 0.05) is 20.3 Å². The van der Waals surface area contributed by atoms with E-state index in [1.807, 2.05) is 0 Å². The molecule has 1 atom stereocenters. The van der Waals surface area contributed by atoms with Crippen LogP contribution in [0.1, 0.15) is 25.5 Å². The Hall–Kier alpha value is -0.770. The molecule has 0 saturated heterocycles. The summed E-state index contributed by atoms with van der Waals surface area (Å²) in [6, 6.07) is 17.6. The van der Waals surface area contributed by atoms with Crippen molar-refractivity contribution in [2.45, 2.75) is 29.7 Å². The lowest BCUT2D eigenvalue weighted by molar-refractivity contribution is 0.598. The maximum Gasteiger partial charge on any atom is 0.0291 e. The zero-order valence-electron chi connectivity index (χ0n) is 11.2. The number of hydrogen-bond acceptors (Lipinski definition) is 2. The van der Waals surface area contributed by atoms with Gasteiger partial charge in [-0.2, -0.15) is 0 Å². The van der Waals surface area contributed by atoms with Crippen LogP contribution < -0.4 is 5.32 Å². The summed E-state index contributed by atoms with van der Waals surface area (Å²) in [5, 5.41) is 3.43. The van der Waals surface area contributed by atoms with Gasteiger partial charge in [-0.1, -0.05) is 46.7 Å². The number of nitrogens with one attached hydrogen (secondary N) is 1. The van der Waals surface area contributed by atoms with Crippen LogP contribution in [0, 0.1) is 0 Å². The van der Waals surface area contributed by atoms with Gasteiger partial charge >= 0.3 is 0 Å². The lowest BCUT2D eigenvalue weighted by Crippen LogP contribution is -2.17. The van der Waals surface area contributed by atoms with Gasteiger partial charge < -0.3 is 5.32 Å². The summed E-state index contributed by atoms with van der Waals surface area (Å²) in [6.07, 6.45) is 0. The van der Waals surface area contributed by atoms with E-state index in [0.29, 0.717) is 6.04 Å². The molecule has 0 amide bonds. The minimum Gasteiger partial charge on any atom is -0.310 e. The van der Waals surface area contributed by atoms with E-state index in [4.69, 9.17) is 0 Å². The first-order valence-corrected chi connectivity index (χ1v) is 8.06. The molecule has 1 nitrogen and oxygen atoms in total. The minimum atomic E-state index is 0.414. The van der Waals surface area contributed by atoms with Crippen LogP contribution >= 0.6 is 27.7 Å². The zero-order chi connectivity index (χ0) is 13.7. The summed E-state index contributed by atoms with van der Waals surface area (Å²) in [5.74, 6) is 0. The molecule has 0 radical (unpaired) electrons. The third-order valence-corrected chi connectivity index (χ3v) is 4.48. The molecule has 1 N–H and O–H groups in total. The molecule has 0 aromatic heterocycles. The highest BCUT2D eigenvalue weighted by Gasteiger charge is 2.03. The largest absolute Gasteiger partial charge is 0.310 e. The number of halogens is 1. The van der Waals surface area contributed by atoms with Gasteiger partial charge in [0.05, 0.1) is 0 Å². The zero-order valence-corrected chi connectivity index (χ0v) is 13.6. The fourth-order valence-corrected chi connectivity index (χ4v) is 2.97. The first-order valence-electron chi connectivity index (χ1n) is 6.46. The molecule has 0 fully saturated rings. The van der Waals surface area contributed by atoms with Gasteiger partial charge in [0.25, 0.3) is 0 Å². The molecule has 0 heterocycles. The van der Waals surface area contributed by atoms with Crippen LogP contribution in [0.25, 0.3) is 0 Å². The summed E-state index contributed by atoms with van der Waals surface area (Å²) in [4.78, 5) is 2.53. The van der Waals surface area contributed by atoms with Crippen LogP contribution in [0.15, 0.2) is 62.8 Å². The average molecular weight is 336 g/mol. The second-order valence-corrected chi connectivity index (χ2v) is 6.47. The van der Waals surface area contributed by atoms with E-state index >= 15 is 0 Å². The molecule has 19 heavy (non-hydrogen) atoms.